The summed E-state index contributed by atoms with van der Waals surface area (Å²) < 4.78 is 39.6. The number of hydrogen-bond donors (Lipinski definition) is 1. The Balaban J connectivity index is 1.54. The Kier molecular flexibility index (Phi) is 7.22. The van der Waals surface area contributed by atoms with Crippen LogP contribution in [0.25, 0.3) is 0 Å². The first-order valence-corrected chi connectivity index (χ1v) is 11.8. The summed E-state index contributed by atoms with van der Waals surface area (Å²) in [5, 5.41) is 3.00. The van der Waals surface area contributed by atoms with Crippen LogP contribution in [0.5, 0.6) is 11.5 Å². The van der Waals surface area contributed by atoms with Crippen molar-refractivity contribution < 1.29 is 22.7 Å². The van der Waals surface area contributed by atoms with Gasteiger partial charge in [0.15, 0.2) is 16.5 Å². The third-order valence-corrected chi connectivity index (χ3v) is 7.28. The number of carbonyl (C=O) groups excluding carboxylic acids is 1. The second-order valence-corrected chi connectivity index (χ2v) is 9.44. The first-order valence-electron chi connectivity index (χ1n) is 10.3. The van der Waals surface area contributed by atoms with Gasteiger partial charge in [0, 0.05) is 38.8 Å². The van der Waals surface area contributed by atoms with E-state index in [9.17, 15) is 13.2 Å². The molecule has 2 aromatic rings. The number of hydrogen-bond acceptors (Lipinski definition) is 6. The SMILES string of the molecule is CCOc1ccc(CNC(=O)C2CCN(S(=O)(=O)c3cn(C)c(C)n3)CC2)cc1OC. The quantitative estimate of drug-likeness (QED) is 0.659. The lowest BCUT2D eigenvalue weighted by Gasteiger charge is -2.30. The number of carbonyl (C=O) groups is 1. The molecule has 0 aliphatic carbocycles. The molecule has 1 N–H and O–H groups in total. The summed E-state index contributed by atoms with van der Waals surface area (Å²) >= 11 is 0. The van der Waals surface area contributed by atoms with Crippen molar-refractivity contribution in [2.24, 2.45) is 13.0 Å². The lowest BCUT2D eigenvalue weighted by atomic mass is 9.97. The Hall–Kier alpha value is -2.59. The van der Waals surface area contributed by atoms with Crippen LogP contribution < -0.4 is 14.8 Å². The van der Waals surface area contributed by atoms with E-state index in [0.29, 0.717) is 56.4 Å². The predicted molar refractivity (Wildman–Crippen MR) is 115 cm³/mol. The Morgan fingerprint density at radius 3 is 2.55 bits per heavy atom. The van der Waals surface area contributed by atoms with Crippen LogP contribution in [-0.2, 0) is 28.4 Å². The summed E-state index contributed by atoms with van der Waals surface area (Å²) in [5.41, 5.74) is 0.902. The summed E-state index contributed by atoms with van der Waals surface area (Å²) in [6.07, 6.45) is 2.47. The van der Waals surface area contributed by atoms with Gasteiger partial charge in [-0.05, 0) is 44.4 Å². The zero-order valence-electron chi connectivity index (χ0n) is 18.4. The molecular weight excluding hydrogens is 420 g/mol. The van der Waals surface area contributed by atoms with Crippen molar-refractivity contribution >= 4 is 15.9 Å². The number of rotatable bonds is 8. The smallest absolute Gasteiger partial charge is 0.262 e. The minimum absolute atomic E-state index is 0.0554. The van der Waals surface area contributed by atoms with Crippen LogP contribution in [0.2, 0.25) is 0 Å². The molecule has 0 atom stereocenters. The molecular formula is C21H30N4O5S. The minimum atomic E-state index is -3.64. The summed E-state index contributed by atoms with van der Waals surface area (Å²) in [4.78, 5) is 16.8. The Morgan fingerprint density at radius 2 is 1.97 bits per heavy atom. The zero-order valence-corrected chi connectivity index (χ0v) is 19.2. The van der Waals surface area contributed by atoms with E-state index in [0.717, 1.165) is 5.56 Å². The number of benzene rings is 1. The fourth-order valence-corrected chi connectivity index (χ4v) is 5.07. The van der Waals surface area contributed by atoms with Gasteiger partial charge in [0.05, 0.1) is 13.7 Å². The predicted octanol–water partition coefficient (Wildman–Crippen LogP) is 1.85. The van der Waals surface area contributed by atoms with Crippen LogP contribution in [0.1, 0.15) is 31.2 Å². The highest BCUT2D eigenvalue weighted by molar-refractivity contribution is 7.89. The number of aromatic nitrogens is 2. The lowest BCUT2D eigenvalue weighted by molar-refractivity contribution is -0.126. The third kappa shape index (κ3) is 5.19. The summed E-state index contributed by atoms with van der Waals surface area (Å²) in [6.45, 7) is 5.17. The normalized spacial score (nSPS) is 15.6. The molecule has 0 spiro atoms. The fraction of sp³-hybridized carbons (Fsp3) is 0.524. The Morgan fingerprint density at radius 1 is 1.26 bits per heavy atom. The van der Waals surface area contributed by atoms with Gasteiger partial charge in [-0.1, -0.05) is 6.07 Å². The minimum Gasteiger partial charge on any atom is -0.493 e. The number of piperidine rings is 1. The number of nitrogens with zero attached hydrogens (tertiary/aromatic N) is 3. The second kappa shape index (κ2) is 9.69. The molecule has 1 amide bonds. The van der Waals surface area contributed by atoms with E-state index in [1.165, 1.54) is 10.5 Å². The van der Waals surface area contributed by atoms with Crippen LogP contribution in [0.4, 0.5) is 0 Å². The van der Waals surface area contributed by atoms with Crippen LogP contribution in [0.15, 0.2) is 29.4 Å². The number of nitrogens with one attached hydrogen (secondary N) is 1. The number of ether oxygens (including phenoxy) is 2. The van der Waals surface area contributed by atoms with E-state index in [4.69, 9.17) is 9.47 Å². The highest BCUT2D eigenvalue weighted by atomic mass is 32.2. The van der Waals surface area contributed by atoms with Crippen LogP contribution in [0, 0.1) is 12.8 Å². The zero-order chi connectivity index (χ0) is 22.6. The molecule has 2 heterocycles. The Bertz CT molecular complexity index is 1010. The van der Waals surface area contributed by atoms with Gasteiger partial charge in [-0.3, -0.25) is 4.79 Å². The maximum atomic E-state index is 12.8. The van der Waals surface area contributed by atoms with Crippen molar-refractivity contribution in [2.45, 2.75) is 38.3 Å². The molecule has 1 aromatic heterocycles. The van der Waals surface area contributed by atoms with Gasteiger partial charge in [0.1, 0.15) is 5.82 Å². The molecule has 0 radical (unpaired) electrons. The summed E-state index contributed by atoms with van der Waals surface area (Å²) in [6, 6.07) is 5.56. The molecule has 1 fully saturated rings. The molecule has 1 aliphatic rings. The average molecular weight is 451 g/mol. The van der Waals surface area contributed by atoms with Gasteiger partial charge in [-0.2, -0.15) is 4.31 Å². The van der Waals surface area contributed by atoms with E-state index in [1.807, 2.05) is 25.1 Å². The average Bonchev–Trinajstić information content (AvgIpc) is 3.12. The number of sulfonamides is 1. The molecule has 31 heavy (non-hydrogen) atoms. The molecule has 170 valence electrons. The topological polar surface area (TPSA) is 103 Å². The molecule has 1 aliphatic heterocycles. The monoisotopic (exact) mass is 450 g/mol. The van der Waals surface area contributed by atoms with Crippen LogP contribution in [0.3, 0.4) is 0 Å². The van der Waals surface area contributed by atoms with Crippen molar-refractivity contribution in [3.05, 3.63) is 35.8 Å². The molecule has 3 rings (SSSR count). The summed E-state index contributed by atoms with van der Waals surface area (Å²) in [5.74, 6) is 1.63. The summed E-state index contributed by atoms with van der Waals surface area (Å²) in [7, 11) is -0.301. The number of methoxy groups -OCH3 is 1. The van der Waals surface area contributed by atoms with Gasteiger partial charge >= 0.3 is 0 Å². The number of imidazole rings is 1. The van der Waals surface area contributed by atoms with Crippen LogP contribution >= 0.6 is 0 Å². The van der Waals surface area contributed by atoms with Crippen molar-refractivity contribution in [3.63, 3.8) is 0 Å². The highest BCUT2D eigenvalue weighted by Gasteiger charge is 2.33. The van der Waals surface area contributed by atoms with Gasteiger partial charge in [-0.15, -0.1) is 0 Å². The number of aryl methyl sites for hydroxylation is 2. The molecule has 10 heteroatoms. The lowest BCUT2D eigenvalue weighted by Crippen LogP contribution is -2.43. The van der Waals surface area contributed by atoms with Crippen LogP contribution in [-0.4, -0.2) is 55.0 Å². The van der Waals surface area contributed by atoms with E-state index < -0.39 is 10.0 Å². The first-order chi connectivity index (χ1) is 14.8. The van der Waals surface area contributed by atoms with Crippen molar-refractivity contribution in [2.75, 3.05) is 26.8 Å². The maximum Gasteiger partial charge on any atom is 0.262 e. The van der Waals surface area contributed by atoms with Crippen molar-refractivity contribution in [1.82, 2.24) is 19.2 Å². The van der Waals surface area contributed by atoms with E-state index in [1.54, 1.807) is 25.6 Å². The van der Waals surface area contributed by atoms with E-state index >= 15 is 0 Å². The first kappa shape index (κ1) is 23.1. The molecule has 9 nitrogen and oxygen atoms in total. The van der Waals surface area contributed by atoms with Crippen molar-refractivity contribution in [1.29, 1.82) is 0 Å². The third-order valence-electron chi connectivity index (χ3n) is 5.51. The fourth-order valence-electron chi connectivity index (χ4n) is 3.57. The molecule has 0 bridgehead atoms. The molecule has 1 aromatic carbocycles. The number of amides is 1. The second-order valence-electron chi connectivity index (χ2n) is 7.55. The molecule has 1 saturated heterocycles. The maximum absolute atomic E-state index is 12.8. The van der Waals surface area contributed by atoms with Gasteiger partial charge in [-0.25, -0.2) is 13.4 Å². The van der Waals surface area contributed by atoms with E-state index in [2.05, 4.69) is 10.3 Å². The molecule has 0 saturated carbocycles. The Labute approximate surface area is 183 Å². The van der Waals surface area contributed by atoms with Gasteiger partial charge in [0.2, 0.25) is 5.91 Å². The molecule has 0 unspecified atom stereocenters. The standard InChI is InChI=1S/C21H30N4O5S/c1-5-30-18-7-6-16(12-19(18)29-4)13-22-21(26)17-8-10-25(11-9-17)31(27,28)20-14-24(3)15(2)23-20/h6-7,12,14,17H,5,8-11,13H2,1-4H3,(H,22,26). The van der Waals surface area contributed by atoms with Gasteiger partial charge in [0.25, 0.3) is 10.0 Å². The van der Waals surface area contributed by atoms with Crippen molar-refractivity contribution in [3.8, 4) is 11.5 Å². The highest BCUT2D eigenvalue weighted by Crippen LogP contribution is 2.28. The van der Waals surface area contributed by atoms with Gasteiger partial charge < -0.3 is 19.4 Å². The van der Waals surface area contributed by atoms with E-state index in [-0.39, 0.29) is 16.9 Å². The largest absolute Gasteiger partial charge is 0.493 e.